The minimum atomic E-state index is -0.413. The van der Waals surface area contributed by atoms with Crippen molar-refractivity contribution in [3.63, 3.8) is 0 Å². The van der Waals surface area contributed by atoms with E-state index in [1.54, 1.807) is 19.2 Å². The number of rotatable bonds is 1. The maximum Gasteiger partial charge on any atom is 0.274 e. The van der Waals surface area contributed by atoms with E-state index in [1.165, 1.54) is 12.3 Å². The Morgan fingerprint density at radius 1 is 1.29 bits per heavy atom. The summed E-state index contributed by atoms with van der Waals surface area (Å²) in [6, 6.07) is 3.06. The van der Waals surface area contributed by atoms with Crippen molar-refractivity contribution in [2.45, 2.75) is 6.92 Å². The fraction of sp³-hybridized carbons (Fsp3) is 0.111. The van der Waals surface area contributed by atoms with E-state index in [2.05, 4.69) is 9.97 Å². The van der Waals surface area contributed by atoms with Gasteiger partial charge in [0.25, 0.3) is 5.69 Å². The molecule has 1 aromatic carbocycles. The summed E-state index contributed by atoms with van der Waals surface area (Å²) < 4.78 is 0. The summed E-state index contributed by atoms with van der Waals surface area (Å²) in [5.41, 5.74) is 1.90. The van der Waals surface area contributed by atoms with Crippen molar-refractivity contribution in [3.05, 3.63) is 40.2 Å². The number of nitro groups is 1. The average Bonchev–Trinajstić information content (AvgIpc) is 2.18. The Morgan fingerprint density at radius 2 is 2.00 bits per heavy atom. The summed E-state index contributed by atoms with van der Waals surface area (Å²) >= 11 is 0. The molecule has 0 aliphatic carbocycles. The molecule has 1 heterocycles. The normalized spacial score (nSPS) is 10.4. The molecule has 14 heavy (non-hydrogen) atoms. The van der Waals surface area contributed by atoms with E-state index in [9.17, 15) is 10.1 Å². The first-order valence-electron chi connectivity index (χ1n) is 4.05. The van der Waals surface area contributed by atoms with Crippen LogP contribution in [-0.2, 0) is 0 Å². The van der Waals surface area contributed by atoms with Gasteiger partial charge in [-0.1, -0.05) is 0 Å². The average molecular weight is 189 g/mol. The van der Waals surface area contributed by atoms with Gasteiger partial charge in [-0.15, -0.1) is 0 Å². The van der Waals surface area contributed by atoms with Crippen LogP contribution in [0, 0.1) is 17.0 Å². The molecule has 0 aliphatic rings. The second-order valence-corrected chi connectivity index (χ2v) is 2.89. The molecule has 0 N–H and O–H groups in total. The summed E-state index contributed by atoms with van der Waals surface area (Å²) in [5, 5.41) is 10.6. The van der Waals surface area contributed by atoms with E-state index >= 15 is 0 Å². The summed E-state index contributed by atoms with van der Waals surface area (Å²) in [4.78, 5) is 18.3. The predicted molar refractivity (Wildman–Crippen MR) is 50.9 cm³/mol. The van der Waals surface area contributed by atoms with Crippen LogP contribution in [0.1, 0.15) is 5.56 Å². The van der Waals surface area contributed by atoms with Crippen molar-refractivity contribution in [3.8, 4) is 0 Å². The van der Waals surface area contributed by atoms with Gasteiger partial charge < -0.3 is 0 Å². The fourth-order valence-corrected chi connectivity index (χ4v) is 1.36. The molecule has 1 aromatic heterocycles. The Hall–Kier alpha value is -2.04. The molecular weight excluding hydrogens is 182 g/mol. The first-order valence-corrected chi connectivity index (χ1v) is 4.05. The van der Waals surface area contributed by atoms with Gasteiger partial charge in [0.2, 0.25) is 0 Å². The van der Waals surface area contributed by atoms with Crippen LogP contribution in [0.25, 0.3) is 11.0 Å². The standard InChI is InChI=1S/C9H7N3O2/c1-6-8(12(13)14)3-2-7-9(6)11-5-4-10-7/h2-5H,1H3. The van der Waals surface area contributed by atoms with Crippen LogP contribution < -0.4 is 0 Å². The van der Waals surface area contributed by atoms with Crippen LogP contribution in [-0.4, -0.2) is 14.9 Å². The van der Waals surface area contributed by atoms with Crippen LogP contribution in [0.2, 0.25) is 0 Å². The van der Waals surface area contributed by atoms with E-state index in [-0.39, 0.29) is 5.69 Å². The quantitative estimate of drug-likeness (QED) is 0.507. The van der Waals surface area contributed by atoms with E-state index in [4.69, 9.17) is 0 Å². The van der Waals surface area contributed by atoms with Crippen LogP contribution in [0.15, 0.2) is 24.5 Å². The van der Waals surface area contributed by atoms with Gasteiger partial charge in [-0.05, 0) is 13.0 Å². The predicted octanol–water partition coefficient (Wildman–Crippen LogP) is 1.85. The fourth-order valence-electron chi connectivity index (χ4n) is 1.36. The number of aromatic nitrogens is 2. The number of fused-ring (bicyclic) bond motifs is 1. The Morgan fingerprint density at radius 3 is 2.71 bits per heavy atom. The zero-order valence-corrected chi connectivity index (χ0v) is 7.47. The molecule has 0 atom stereocenters. The zero-order valence-electron chi connectivity index (χ0n) is 7.47. The molecule has 0 spiro atoms. The maximum atomic E-state index is 10.6. The smallest absolute Gasteiger partial charge is 0.258 e. The lowest BCUT2D eigenvalue weighted by Crippen LogP contribution is -1.94. The highest BCUT2D eigenvalue weighted by Gasteiger charge is 2.13. The number of aryl methyl sites for hydroxylation is 1. The Kier molecular flexibility index (Phi) is 1.85. The SMILES string of the molecule is Cc1c([N+](=O)[O-])ccc2nccnc12. The van der Waals surface area contributed by atoms with Gasteiger partial charge in [-0.25, -0.2) is 0 Å². The van der Waals surface area contributed by atoms with Crippen molar-refractivity contribution >= 4 is 16.7 Å². The van der Waals surface area contributed by atoms with Crippen molar-refractivity contribution in [1.82, 2.24) is 9.97 Å². The molecule has 70 valence electrons. The van der Waals surface area contributed by atoms with Crippen molar-refractivity contribution < 1.29 is 4.92 Å². The van der Waals surface area contributed by atoms with E-state index in [1.807, 2.05) is 0 Å². The van der Waals surface area contributed by atoms with Gasteiger partial charge in [-0.2, -0.15) is 0 Å². The molecule has 5 heteroatoms. The van der Waals surface area contributed by atoms with Gasteiger partial charge in [0, 0.05) is 18.5 Å². The lowest BCUT2D eigenvalue weighted by molar-refractivity contribution is -0.385. The summed E-state index contributed by atoms with van der Waals surface area (Å²) in [5.74, 6) is 0. The lowest BCUT2D eigenvalue weighted by Gasteiger charge is -2.00. The third-order valence-corrected chi connectivity index (χ3v) is 2.06. The summed E-state index contributed by atoms with van der Waals surface area (Å²) in [6.07, 6.45) is 3.09. The second-order valence-electron chi connectivity index (χ2n) is 2.89. The second kappa shape index (κ2) is 3.02. The third-order valence-electron chi connectivity index (χ3n) is 2.06. The highest BCUT2D eigenvalue weighted by Crippen LogP contribution is 2.23. The third kappa shape index (κ3) is 1.19. The highest BCUT2D eigenvalue weighted by molar-refractivity contribution is 5.81. The molecule has 0 bridgehead atoms. The molecular formula is C9H7N3O2. The lowest BCUT2D eigenvalue weighted by atomic mass is 10.1. The minimum Gasteiger partial charge on any atom is -0.258 e. The number of benzene rings is 1. The van der Waals surface area contributed by atoms with Gasteiger partial charge in [0.1, 0.15) is 0 Å². The van der Waals surface area contributed by atoms with Gasteiger partial charge >= 0.3 is 0 Å². The van der Waals surface area contributed by atoms with Crippen LogP contribution in [0.3, 0.4) is 0 Å². The molecule has 0 fully saturated rings. The van der Waals surface area contributed by atoms with Crippen molar-refractivity contribution in [1.29, 1.82) is 0 Å². The monoisotopic (exact) mass is 189 g/mol. The number of nitro benzene ring substituents is 1. The van der Waals surface area contributed by atoms with Crippen LogP contribution in [0.4, 0.5) is 5.69 Å². The van der Waals surface area contributed by atoms with Gasteiger partial charge in [0.05, 0.1) is 21.5 Å². The molecule has 0 aliphatic heterocycles. The molecule has 0 amide bonds. The van der Waals surface area contributed by atoms with E-state index in [0.717, 1.165) is 0 Å². The Labute approximate surface area is 79.6 Å². The maximum absolute atomic E-state index is 10.6. The Balaban J connectivity index is 2.81. The van der Waals surface area contributed by atoms with Crippen molar-refractivity contribution in [2.24, 2.45) is 0 Å². The van der Waals surface area contributed by atoms with Gasteiger partial charge in [-0.3, -0.25) is 20.1 Å². The molecule has 0 saturated heterocycles. The van der Waals surface area contributed by atoms with Crippen LogP contribution >= 0.6 is 0 Å². The Bertz CT molecular complexity index is 510. The number of hydrogen-bond donors (Lipinski definition) is 0. The number of hydrogen-bond acceptors (Lipinski definition) is 4. The van der Waals surface area contributed by atoms with Crippen molar-refractivity contribution in [2.75, 3.05) is 0 Å². The van der Waals surface area contributed by atoms with E-state index in [0.29, 0.717) is 16.6 Å². The van der Waals surface area contributed by atoms with Gasteiger partial charge in [0.15, 0.2) is 0 Å². The van der Waals surface area contributed by atoms with E-state index < -0.39 is 4.92 Å². The zero-order chi connectivity index (χ0) is 10.1. The molecule has 2 rings (SSSR count). The molecule has 0 radical (unpaired) electrons. The summed E-state index contributed by atoms with van der Waals surface area (Å²) in [6.45, 7) is 1.68. The molecule has 0 saturated carbocycles. The number of nitrogens with zero attached hydrogens (tertiary/aromatic N) is 3. The minimum absolute atomic E-state index is 0.0815. The first kappa shape index (κ1) is 8.55. The largest absolute Gasteiger partial charge is 0.274 e. The topological polar surface area (TPSA) is 68.9 Å². The first-order chi connectivity index (χ1) is 6.70. The molecule has 5 nitrogen and oxygen atoms in total. The highest BCUT2D eigenvalue weighted by atomic mass is 16.6. The van der Waals surface area contributed by atoms with Crippen LogP contribution in [0.5, 0.6) is 0 Å². The molecule has 0 unspecified atom stereocenters. The molecule has 2 aromatic rings. The summed E-state index contributed by atoms with van der Waals surface area (Å²) in [7, 11) is 0.